The Hall–Kier alpha value is -0.0800. The summed E-state index contributed by atoms with van der Waals surface area (Å²) in [7, 11) is -3.01. The van der Waals surface area contributed by atoms with Gasteiger partial charge in [0, 0.05) is 25.5 Å². The normalized spacial score (nSPS) is 67.3. The van der Waals surface area contributed by atoms with Crippen molar-refractivity contribution in [3.05, 3.63) is 0 Å². The molecule has 0 aromatic rings. The van der Waals surface area contributed by atoms with Gasteiger partial charge in [-0.25, -0.2) is 0 Å². The largest absolute Gasteiger partial charge is 0.379 e. The number of hydrogen-bond donors (Lipinski definition) is 1. The highest BCUT2D eigenvalue weighted by Gasteiger charge is 2.13. The minimum absolute atomic E-state index is 1.78. The van der Waals surface area contributed by atoms with Crippen LogP contribution in [0.3, 0.4) is 0 Å². The molecular weight excluding hydrogens is 78.0 g/mol. The quantitative estimate of drug-likeness (QED) is 0.478. The van der Waals surface area contributed by atoms with Crippen LogP contribution in [0.15, 0.2) is 0 Å². The minimum Gasteiger partial charge on any atom is -0.379 e. The van der Waals surface area contributed by atoms with Crippen LogP contribution in [0, 0.1) is 0 Å². The Morgan fingerprint density at radius 2 is 3.17 bits per heavy atom. The molecule has 1 saturated heterocycles. The minimum atomic E-state index is -3.01. The van der Waals surface area contributed by atoms with Gasteiger partial charge in [0.2, 0.25) is 0 Å². The lowest BCUT2D eigenvalue weighted by molar-refractivity contribution is 0.0600. The van der Waals surface area contributed by atoms with E-state index in [4.69, 9.17) is 11.0 Å². The molecule has 0 aliphatic carbocycles. The third kappa shape index (κ3) is 0.533. The summed E-state index contributed by atoms with van der Waals surface area (Å²) in [5.74, 6) is 0. The molecule has 0 amide bonds. The van der Waals surface area contributed by atoms with E-state index in [9.17, 15) is 0 Å². The number of hydrogen-bond acceptors (Lipinski definition) is 2. The highest BCUT2D eigenvalue weighted by atomic mass is 16.5. The van der Waals surface area contributed by atoms with Gasteiger partial charge in [-0.3, -0.25) is 0 Å². The Balaban J connectivity index is 2.91. The molecule has 0 unspecified atom stereocenters. The van der Waals surface area contributed by atoms with E-state index in [2.05, 4.69) is 4.74 Å². The third-order valence-corrected chi connectivity index (χ3v) is 0.454. The van der Waals surface area contributed by atoms with Crippen LogP contribution in [-0.4, -0.2) is 26.1 Å². The molecule has 0 radical (unpaired) electrons. The highest BCUT2D eigenvalue weighted by Crippen LogP contribution is 1.92. The van der Waals surface area contributed by atoms with Crippen molar-refractivity contribution in [1.82, 2.24) is 5.32 Å². The summed E-state index contributed by atoms with van der Waals surface area (Å²) in [4.78, 5) is 0. The van der Waals surface area contributed by atoms with Crippen molar-refractivity contribution in [2.24, 2.45) is 0 Å². The molecule has 0 saturated carbocycles. The SMILES string of the molecule is [2H]C([2H])([2H])OC1([2H])C([2H])([2H])NC1([2H])[2H]. The van der Waals surface area contributed by atoms with E-state index in [1.165, 1.54) is 0 Å². The summed E-state index contributed by atoms with van der Waals surface area (Å²) < 4.78 is 60.0. The monoisotopic (exact) mass is 95.1 g/mol. The van der Waals surface area contributed by atoms with Crippen LogP contribution in [-0.2, 0) is 4.74 Å². The zero-order valence-corrected chi connectivity index (χ0v) is 2.91. The lowest BCUT2D eigenvalue weighted by Crippen LogP contribution is -2.47. The number of ether oxygens (including phenoxy) is 1. The summed E-state index contributed by atoms with van der Waals surface area (Å²) in [6.07, 6.45) is -2.76. The average molecular weight is 95.2 g/mol. The zero-order chi connectivity index (χ0) is 11.4. The smallest absolute Gasteiger partial charge is 0.0819 e. The van der Waals surface area contributed by atoms with Crippen molar-refractivity contribution < 1.29 is 15.7 Å². The molecule has 1 aliphatic heterocycles. The van der Waals surface area contributed by atoms with Gasteiger partial charge in [0.1, 0.15) is 0 Å². The molecule has 2 nitrogen and oxygen atoms in total. The van der Waals surface area contributed by atoms with Gasteiger partial charge in [-0.05, 0) is 0 Å². The fourth-order valence-corrected chi connectivity index (χ4v) is 0.165. The number of nitrogens with one attached hydrogen (secondary N) is 1. The fourth-order valence-electron chi connectivity index (χ4n) is 0.165. The van der Waals surface area contributed by atoms with Crippen LogP contribution in [0.2, 0.25) is 0 Å². The first kappa shape index (κ1) is 0.740. The zero-order valence-electron chi connectivity index (χ0n) is 10.9. The molecule has 1 fully saturated rings. The molecular formula is C4H9NO. The van der Waals surface area contributed by atoms with E-state index >= 15 is 0 Å². The lowest BCUT2D eigenvalue weighted by atomic mass is 10.2. The van der Waals surface area contributed by atoms with Crippen LogP contribution < -0.4 is 5.32 Å². The molecule has 2 heteroatoms. The van der Waals surface area contributed by atoms with Gasteiger partial charge in [-0.1, -0.05) is 0 Å². The Morgan fingerprint density at radius 1 is 2.33 bits per heavy atom. The fraction of sp³-hybridized carbons (Fsp3) is 1.00. The molecule has 1 aliphatic rings. The predicted molar refractivity (Wildman–Crippen MR) is 23.7 cm³/mol. The summed E-state index contributed by atoms with van der Waals surface area (Å²) in [5.41, 5.74) is 0. The van der Waals surface area contributed by atoms with Crippen LogP contribution in [0.25, 0.3) is 0 Å². The Kier molecular flexibility index (Phi) is 0.195. The van der Waals surface area contributed by atoms with Gasteiger partial charge in [0.25, 0.3) is 0 Å². The Bertz CT molecular complexity index is 232. The second kappa shape index (κ2) is 1.58. The first-order valence-corrected chi connectivity index (χ1v) is 1.41. The van der Waals surface area contributed by atoms with Crippen molar-refractivity contribution in [1.29, 1.82) is 0 Å². The van der Waals surface area contributed by atoms with Gasteiger partial charge in [0.05, 0.1) is 11.6 Å². The van der Waals surface area contributed by atoms with Crippen LogP contribution in [0.5, 0.6) is 0 Å². The third-order valence-electron chi connectivity index (χ3n) is 0.454. The molecule has 1 heterocycles. The Labute approximate surface area is 48.7 Å². The number of methoxy groups -OCH3 is 1. The van der Waals surface area contributed by atoms with E-state index in [1.54, 1.807) is 5.32 Å². The van der Waals surface area contributed by atoms with E-state index in [-0.39, 0.29) is 0 Å². The highest BCUT2D eigenvalue weighted by molar-refractivity contribution is 4.73. The maximum atomic E-state index is 7.33. The molecule has 36 valence electrons. The van der Waals surface area contributed by atoms with Crippen LogP contribution in [0.4, 0.5) is 0 Å². The second-order valence-electron chi connectivity index (χ2n) is 0.806. The molecule has 1 N–H and O–H groups in total. The van der Waals surface area contributed by atoms with E-state index in [0.29, 0.717) is 0 Å². The van der Waals surface area contributed by atoms with E-state index in [0.717, 1.165) is 0 Å². The summed E-state index contributed by atoms with van der Waals surface area (Å²) in [5, 5.41) is 1.78. The second-order valence-corrected chi connectivity index (χ2v) is 0.806. The van der Waals surface area contributed by atoms with Crippen molar-refractivity contribution in [2.45, 2.75) is 6.08 Å². The topological polar surface area (TPSA) is 21.3 Å². The summed E-state index contributed by atoms with van der Waals surface area (Å²) in [6, 6.07) is 0. The average Bonchev–Trinajstić information content (AvgIpc) is 1.79. The molecule has 0 spiro atoms. The van der Waals surface area contributed by atoms with Crippen LogP contribution in [0.1, 0.15) is 11.0 Å². The van der Waals surface area contributed by atoms with Crippen molar-refractivity contribution in [2.75, 3.05) is 20.0 Å². The summed E-state index contributed by atoms with van der Waals surface area (Å²) >= 11 is 0. The maximum absolute atomic E-state index is 7.33. The van der Waals surface area contributed by atoms with Crippen molar-refractivity contribution in [3.8, 4) is 0 Å². The van der Waals surface area contributed by atoms with E-state index in [1.807, 2.05) is 0 Å². The van der Waals surface area contributed by atoms with Gasteiger partial charge in [0.15, 0.2) is 0 Å². The molecule has 0 aromatic carbocycles. The van der Waals surface area contributed by atoms with Crippen molar-refractivity contribution >= 4 is 0 Å². The van der Waals surface area contributed by atoms with Crippen molar-refractivity contribution in [3.63, 3.8) is 0 Å². The van der Waals surface area contributed by atoms with Gasteiger partial charge in [-0.2, -0.15) is 0 Å². The van der Waals surface area contributed by atoms with E-state index < -0.39 is 26.1 Å². The first-order valence-electron chi connectivity index (χ1n) is 5.41. The number of rotatable bonds is 1. The predicted octanol–water partition coefficient (Wildman–Crippen LogP) is -0.395. The molecule has 1 rings (SSSR count). The van der Waals surface area contributed by atoms with Gasteiger partial charge < -0.3 is 10.1 Å². The maximum Gasteiger partial charge on any atom is 0.0819 e. The summed E-state index contributed by atoms with van der Waals surface area (Å²) in [6.45, 7) is -5.05. The first-order chi connectivity index (χ1) is 5.91. The molecule has 0 atom stereocenters. The molecule has 0 bridgehead atoms. The lowest BCUT2D eigenvalue weighted by Gasteiger charge is -2.24. The standard InChI is InChI=1S/C4H9NO/c1-6-4-2-5-3-4/h4-5H,2-3H2,1H3/i1D3,2D2,3D2,4D. The van der Waals surface area contributed by atoms with Gasteiger partial charge in [-0.15, -0.1) is 0 Å². The molecule has 6 heavy (non-hydrogen) atoms. The van der Waals surface area contributed by atoms with Gasteiger partial charge >= 0.3 is 0 Å². The Morgan fingerprint density at radius 3 is 3.50 bits per heavy atom. The van der Waals surface area contributed by atoms with Crippen LogP contribution >= 0.6 is 0 Å². The molecule has 0 aromatic heterocycles.